The number of nitrogens with zero attached hydrogens (tertiary/aromatic N) is 2. The molecule has 7 heteroatoms. The summed E-state index contributed by atoms with van der Waals surface area (Å²) in [6.45, 7) is 2.00. The number of carbonyl (C=O) groups excluding carboxylic acids is 2. The Balaban J connectivity index is 1.78. The highest BCUT2D eigenvalue weighted by Crippen LogP contribution is 2.29. The minimum absolute atomic E-state index is 0.0787. The molecule has 2 heterocycles. The van der Waals surface area contributed by atoms with Gasteiger partial charge in [-0.1, -0.05) is 12.1 Å². The lowest BCUT2D eigenvalue weighted by molar-refractivity contribution is -0.120. The average Bonchev–Trinajstić information content (AvgIpc) is 2.64. The van der Waals surface area contributed by atoms with E-state index in [9.17, 15) is 9.59 Å². The number of methoxy groups -OCH3 is 1. The van der Waals surface area contributed by atoms with Gasteiger partial charge in [0.05, 0.1) is 25.4 Å². The summed E-state index contributed by atoms with van der Waals surface area (Å²) in [7, 11) is 1.62. The fourth-order valence-electron chi connectivity index (χ4n) is 3.00. The minimum atomic E-state index is -0.971. The second-order valence-corrected chi connectivity index (χ2v) is 6.22. The Morgan fingerprint density at radius 1 is 1.38 bits per heavy atom. The zero-order valence-corrected chi connectivity index (χ0v) is 14.7. The molecule has 1 aliphatic heterocycles. The van der Waals surface area contributed by atoms with Crippen LogP contribution in [0.25, 0.3) is 0 Å². The molecule has 2 unspecified atom stereocenters. The van der Waals surface area contributed by atoms with Gasteiger partial charge in [-0.3, -0.25) is 24.5 Å². The number of amides is 1. The average molecular weight is 355 g/mol. The highest BCUT2D eigenvalue weighted by molar-refractivity contribution is 6.13. The Morgan fingerprint density at radius 3 is 2.92 bits per heavy atom. The van der Waals surface area contributed by atoms with Gasteiger partial charge in [0.2, 0.25) is 5.91 Å². The van der Waals surface area contributed by atoms with Crippen LogP contribution < -0.4 is 15.5 Å². The molecule has 1 aliphatic rings. The van der Waals surface area contributed by atoms with Gasteiger partial charge < -0.3 is 10.5 Å². The Labute approximate surface area is 151 Å². The molecule has 0 saturated heterocycles. The number of pyridine rings is 1. The van der Waals surface area contributed by atoms with E-state index in [4.69, 9.17) is 15.3 Å². The number of primary amides is 1. The molecule has 0 saturated carbocycles. The molecule has 0 fully saturated rings. The van der Waals surface area contributed by atoms with Crippen molar-refractivity contribution in [3.8, 4) is 5.75 Å². The summed E-state index contributed by atoms with van der Waals surface area (Å²) in [5.74, 6) is -1.24. The van der Waals surface area contributed by atoms with E-state index >= 15 is 0 Å². The maximum absolute atomic E-state index is 12.4. The van der Waals surface area contributed by atoms with Crippen LogP contribution in [0.4, 0.5) is 5.69 Å². The van der Waals surface area contributed by atoms with E-state index in [1.165, 1.54) is 6.20 Å². The number of ketones is 1. The third-order valence-corrected chi connectivity index (χ3v) is 4.26. The smallest absolute Gasteiger partial charge is 0.230 e. The Kier molecular flexibility index (Phi) is 5.18. The number of Topliss-reactive ketones (excluding diaryl/α,β-unsaturated/α-hetero) is 1. The number of anilines is 1. The van der Waals surface area contributed by atoms with Gasteiger partial charge in [0.25, 0.3) is 0 Å². The summed E-state index contributed by atoms with van der Waals surface area (Å²) in [5.41, 5.74) is 7.19. The third kappa shape index (κ3) is 3.67. The van der Waals surface area contributed by atoms with Crippen molar-refractivity contribution in [2.24, 2.45) is 11.7 Å². The van der Waals surface area contributed by atoms with E-state index in [1.807, 2.05) is 31.2 Å². The summed E-state index contributed by atoms with van der Waals surface area (Å²) in [4.78, 5) is 34.2. The molecule has 0 radical (unpaired) electrons. The van der Waals surface area contributed by atoms with Gasteiger partial charge in [-0.2, -0.15) is 0 Å². The number of aromatic nitrogens is 1. The summed E-state index contributed by atoms with van der Waals surface area (Å²) in [6.07, 6.45) is 1.95. The standard InChI is InChI=1S/C19H21N3O4/c1-12(9-13-5-3-6-14(10-13)25-2)26-22-11-15(19(20)24)18(23)17-16(22)7-4-8-21-17/h3-8,10,12,15H,9,11H2,1-2H3,(H2,20,24). The quantitative estimate of drug-likeness (QED) is 0.794. The lowest BCUT2D eigenvalue weighted by Gasteiger charge is -2.34. The number of hydroxylamine groups is 1. The van der Waals surface area contributed by atoms with E-state index in [1.54, 1.807) is 24.3 Å². The van der Waals surface area contributed by atoms with Gasteiger partial charge in [0.15, 0.2) is 5.78 Å². The molecule has 2 atom stereocenters. The van der Waals surface area contributed by atoms with Crippen LogP contribution in [0.1, 0.15) is 23.0 Å². The van der Waals surface area contributed by atoms with E-state index < -0.39 is 11.8 Å². The van der Waals surface area contributed by atoms with E-state index in [0.717, 1.165) is 11.3 Å². The lowest BCUT2D eigenvalue weighted by atomic mass is 9.95. The second-order valence-electron chi connectivity index (χ2n) is 6.22. The molecule has 1 amide bonds. The molecule has 0 bridgehead atoms. The molecule has 2 aromatic rings. The van der Waals surface area contributed by atoms with Crippen molar-refractivity contribution in [1.82, 2.24) is 4.98 Å². The van der Waals surface area contributed by atoms with Crippen LogP contribution in [-0.4, -0.2) is 36.4 Å². The highest BCUT2D eigenvalue weighted by Gasteiger charge is 2.37. The van der Waals surface area contributed by atoms with Crippen molar-refractivity contribution in [3.63, 3.8) is 0 Å². The fraction of sp³-hybridized carbons (Fsp3) is 0.316. The predicted octanol–water partition coefficient (Wildman–Crippen LogP) is 1.76. The SMILES string of the molecule is COc1cccc(CC(C)ON2CC(C(N)=O)C(=O)c3ncccc32)c1. The van der Waals surface area contributed by atoms with Crippen molar-refractivity contribution >= 4 is 17.4 Å². The van der Waals surface area contributed by atoms with Crippen LogP contribution in [0.5, 0.6) is 5.75 Å². The Morgan fingerprint density at radius 2 is 2.19 bits per heavy atom. The number of fused-ring (bicyclic) bond motifs is 1. The first kappa shape index (κ1) is 17.9. The van der Waals surface area contributed by atoms with Crippen LogP contribution in [0.2, 0.25) is 0 Å². The van der Waals surface area contributed by atoms with Crippen LogP contribution >= 0.6 is 0 Å². The fourth-order valence-corrected chi connectivity index (χ4v) is 3.00. The van der Waals surface area contributed by atoms with Gasteiger partial charge >= 0.3 is 0 Å². The van der Waals surface area contributed by atoms with Gasteiger partial charge in [-0.25, -0.2) is 0 Å². The van der Waals surface area contributed by atoms with Crippen molar-refractivity contribution in [2.45, 2.75) is 19.4 Å². The number of benzene rings is 1. The van der Waals surface area contributed by atoms with Gasteiger partial charge in [-0.05, 0) is 36.8 Å². The molecule has 0 aliphatic carbocycles. The Bertz CT molecular complexity index is 824. The number of hydrogen-bond acceptors (Lipinski definition) is 6. The largest absolute Gasteiger partial charge is 0.497 e. The third-order valence-electron chi connectivity index (χ3n) is 4.26. The van der Waals surface area contributed by atoms with Crippen molar-refractivity contribution in [3.05, 3.63) is 53.9 Å². The van der Waals surface area contributed by atoms with Crippen LogP contribution in [-0.2, 0) is 16.1 Å². The Hall–Kier alpha value is -2.93. The first-order valence-electron chi connectivity index (χ1n) is 8.35. The monoisotopic (exact) mass is 355 g/mol. The first-order chi connectivity index (χ1) is 12.5. The van der Waals surface area contributed by atoms with Gasteiger partial charge in [0.1, 0.15) is 17.4 Å². The minimum Gasteiger partial charge on any atom is -0.497 e. The highest BCUT2D eigenvalue weighted by atomic mass is 16.7. The molecular weight excluding hydrogens is 334 g/mol. The topological polar surface area (TPSA) is 94.7 Å². The number of nitrogens with two attached hydrogens (primary N) is 1. The lowest BCUT2D eigenvalue weighted by Crippen LogP contribution is -2.46. The maximum Gasteiger partial charge on any atom is 0.230 e. The van der Waals surface area contributed by atoms with E-state index in [2.05, 4.69) is 4.98 Å². The molecule has 0 spiro atoms. The van der Waals surface area contributed by atoms with E-state index in [-0.39, 0.29) is 24.1 Å². The summed E-state index contributed by atoms with van der Waals surface area (Å²) in [5, 5.41) is 1.55. The van der Waals surface area contributed by atoms with E-state index in [0.29, 0.717) is 12.1 Å². The molecule has 1 aromatic carbocycles. The molecule has 1 aromatic heterocycles. The molecule has 136 valence electrons. The van der Waals surface area contributed by atoms with Gasteiger partial charge in [-0.15, -0.1) is 0 Å². The molecule has 3 rings (SSSR count). The molecule has 7 nitrogen and oxygen atoms in total. The normalized spacial score (nSPS) is 17.5. The summed E-state index contributed by atoms with van der Waals surface area (Å²) < 4.78 is 5.24. The van der Waals surface area contributed by atoms with Crippen molar-refractivity contribution < 1.29 is 19.2 Å². The van der Waals surface area contributed by atoms with Crippen LogP contribution in [0, 0.1) is 5.92 Å². The molecule has 2 N–H and O–H groups in total. The second kappa shape index (κ2) is 7.53. The number of hydrogen-bond donors (Lipinski definition) is 1. The molecular formula is C19H21N3O4. The van der Waals surface area contributed by atoms with Crippen molar-refractivity contribution in [2.75, 3.05) is 18.7 Å². The molecule has 26 heavy (non-hydrogen) atoms. The van der Waals surface area contributed by atoms with Crippen molar-refractivity contribution in [1.29, 1.82) is 0 Å². The van der Waals surface area contributed by atoms with Crippen LogP contribution in [0.3, 0.4) is 0 Å². The number of rotatable bonds is 6. The van der Waals surface area contributed by atoms with Crippen LogP contribution in [0.15, 0.2) is 42.6 Å². The first-order valence-corrected chi connectivity index (χ1v) is 8.35. The number of ether oxygens (including phenoxy) is 1. The summed E-state index contributed by atoms with van der Waals surface area (Å²) in [6, 6.07) is 11.2. The maximum atomic E-state index is 12.4. The zero-order chi connectivity index (χ0) is 18.7. The predicted molar refractivity (Wildman–Crippen MR) is 95.8 cm³/mol. The number of carbonyl (C=O) groups is 2. The summed E-state index contributed by atoms with van der Waals surface area (Å²) >= 11 is 0. The van der Waals surface area contributed by atoms with Gasteiger partial charge in [0, 0.05) is 12.6 Å². The zero-order valence-electron chi connectivity index (χ0n) is 14.7.